The highest BCUT2D eigenvalue weighted by Gasteiger charge is 2.28. The predicted octanol–water partition coefficient (Wildman–Crippen LogP) is 4.14. The average molecular weight is 512 g/mol. The summed E-state index contributed by atoms with van der Waals surface area (Å²) in [6, 6.07) is 24.2. The first-order valence-electron chi connectivity index (χ1n) is 13.3. The van der Waals surface area contributed by atoms with Crippen molar-refractivity contribution in [3.63, 3.8) is 0 Å². The number of anilines is 1. The zero-order chi connectivity index (χ0) is 26.6. The largest absolute Gasteiger partial charge is 0.366 e. The third-order valence-corrected chi connectivity index (χ3v) is 7.33. The van der Waals surface area contributed by atoms with Crippen LogP contribution in [-0.2, 0) is 13.0 Å². The number of nitrogens with zero attached hydrogens (tertiary/aromatic N) is 5. The van der Waals surface area contributed by atoms with Gasteiger partial charge < -0.3 is 10.2 Å². The van der Waals surface area contributed by atoms with Gasteiger partial charge in [-0.25, -0.2) is 4.98 Å². The summed E-state index contributed by atoms with van der Waals surface area (Å²) in [6.45, 7) is 1.94. The SMILES string of the molecule is [B]c1cnn2c(NCc3cccnc3)cc(C3CCCN(C(=O)c4ccccc4Cc4ccccc4)C3)nc12. The number of pyridine rings is 1. The second-order valence-electron chi connectivity index (χ2n) is 10.0. The van der Waals surface area contributed by atoms with Crippen LogP contribution < -0.4 is 10.8 Å². The highest BCUT2D eigenvalue weighted by atomic mass is 16.2. The van der Waals surface area contributed by atoms with Crippen molar-refractivity contribution in [3.05, 3.63) is 119 Å². The molecule has 1 aliphatic heterocycles. The van der Waals surface area contributed by atoms with Gasteiger partial charge in [0, 0.05) is 55.8 Å². The van der Waals surface area contributed by atoms with Gasteiger partial charge in [0.25, 0.3) is 5.91 Å². The van der Waals surface area contributed by atoms with Gasteiger partial charge in [-0.2, -0.15) is 9.61 Å². The molecule has 1 saturated heterocycles. The molecule has 1 amide bonds. The van der Waals surface area contributed by atoms with E-state index in [4.69, 9.17) is 12.8 Å². The van der Waals surface area contributed by atoms with Gasteiger partial charge in [-0.3, -0.25) is 9.78 Å². The molecule has 1 aliphatic rings. The van der Waals surface area contributed by atoms with Crippen molar-refractivity contribution in [1.82, 2.24) is 24.5 Å². The lowest BCUT2D eigenvalue weighted by Crippen LogP contribution is -2.39. The quantitative estimate of drug-likeness (QED) is 0.332. The molecule has 3 aromatic heterocycles. The number of likely N-dealkylation sites (tertiary alicyclic amines) is 1. The normalized spacial score (nSPS) is 15.4. The van der Waals surface area contributed by atoms with E-state index in [2.05, 4.69) is 33.6 Å². The highest BCUT2D eigenvalue weighted by Crippen LogP contribution is 2.29. The summed E-state index contributed by atoms with van der Waals surface area (Å²) in [5, 5.41) is 7.90. The molecule has 1 N–H and O–H groups in total. The lowest BCUT2D eigenvalue weighted by Gasteiger charge is -2.33. The summed E-state index contributed by atoms with van der Waals surface area (Å²) in [5.74, 6) is 0.987. The Hall–Kier alpha value is -4.46. The maximum atomic E-state index is 13.8. The van der Waals surface area contributed by atoms with E-state index in [9.17, 15) is 4.79 Å². The molecule has 6 rings (SSSR count). The van der Waals surface area contributed by atoms with E-state index in [0.717, 1.165) is 54.0 Å². The van der Waals surface area contributed by atoms with Gasteiger partial charge in [-0.15, -0.1) is 0 Å². The van der Waals surface area contributed by atoms with Crippen LogP contribution in [0.1, 0.15) is 51.5 Å². The van der Waals surface area contributed by atoms with E-state index in [-0.39, 0.29) is 11.8 Å². The molecular weight excluding hydrogens is 483 g/mol. The summed E-state index contributed by atoms with van der Waals surface area (Å²) in [6.07, 6.45) is 7.82. The van der Waals surface area contributed by atoms with Crippen LogP contribution in [0.4, 0.5) is 5.82 Å². The third-order valence-electron chi connectivity index (χ3n) is 7.33. The Kier molecular flexibility index (Phi) is 7.08. The second-order valence-corrected chi connectivity index (χ2v) is 10.0. The standard InChI is InChI=1S/C31H29BN6O/c32-27-20-35-38-29(34-19-23-10-6-14-33-18-23)17-28(36-30(27)38)25-12-7-15-37(21-25)31(39)26-13-5-4-11-24(26)16-22-8-2-1-3-9-22/h1-6,8-11,13-14,17-18,20,25,34H,7,12,15-16,19,21H2. The summed E-state index contributed by atoms with van der Waals surface area (Å²) < 4.78 is 1.74. The Balaban J connectivity index is 1.25. The number of hydrogen-bond acceptors (Lipinski definition) is 5. The molecule has 0 bridgehead atoms. The van der Waals surface area contributed by atoms with Crippen molar-refractivity contribution >= 4 is 30.7 Å². The number of carbonyl (C=O) groups is 1. The minimum absolute atomic E-state index is 0.0751. The van der Waals surface area contributed by atoms with Gasteiger partial charge in [-0.05, 0) is 53.5 Å². The fraction of sp³-hybridized carbons (Fsp3) is 0.226. The van der Waals surface area contributed by atoms with Gasteiger partial charge >= 0.3 is 0 Å². The van der Waals surface area contributed by atoms with Gasteiger partial charge in [0.15, 0.2) is 5.65 Å². The molecule has 1 atom stereocenters. The van der Waals surface area contributed by atoms with Crippen LogP contribution in [0.5, 0.6) is 0 Å². The number of carbonyl (C=O) groups excluding carboxylic acids is 1. The average Bonchev–Trinajstić information content (AvgIpc) is 3.37. The van der Waals surface area contributed by atoms with E-state index in [1.807, 2.05) is 65.7 Å². The topological polar surface area (TPSA) is 75.4 Å². The molecule has 5 aromatic rings. The molecule has 7 nitrogen and oxygen atoms in total. The Morgan fingerprint density at radius 2 is 1.82 bits per heavy atom. The highest BCUT2D eigenvalue weighted by molar-refractivity contribution is 6.36. The molecule has 2 radical (unpaired) electrons. The number of benzene rings is 2. The first kappa shape index (κ1) is 24.9. The molecule has 8 heteroatoms. The van der Waals surface area contributed by atoms with Gasteiger partial charge in [0.05, 0.1) is 5.69 Å². The van der Waals surface area contributed by atoms with Crippen LogP contribution >= 0.6 is 0 Å². The minimum Gasteiger partial charge on any atom is -0.366 e. The van der Waals surface area contributed by atoms with E-state index >= 15 is 0 Å². The predicted molar refractivity (Wildman–Crippen MR) is 154 cm³/mol. The van der Waals surface area contributed by atoms with Crippen LogP contribution in [0.15, 0.2) is 91.4 Å². The molecule has 0 spiro atoms. The van der Waals surface area contributed by atoms with E-state index in [1.54, 1.807) is 16.9 Å². The van der Waals surface area contributed by atoms with E-state index in [1.165, 1.54) is 5.56 Å². The van der Waals surface area contributed by atoms with Crippen LogP contribution in [0.2, 0.25) is 0 Å². The van der Waals surface area contributed by atoms with Crippen LogP contribution in [0, 0.1) is 0 Å². The summed E-state index contributed by atoms with van der Waals surface area (Å²) in [5.41, 5.74) is 6.13. The monoisotopic (exact) mass is 512 g/mol. The number of nitrogens with one attached hydrogen (secondary N) is 1. The Labute approximate surface area is 229 Å². The number of amides is 1. The number of fused-ring (bicyclic) bond motifs is 1. The molecule has 0 aliphatic carbocycles. The summed E-state index contributed by atoms with van der Waals surface area (Å²) in [7, 11) is 6.23. The van der Waals surface area contributed by atoms with Gasteiger partial charge in [0.1, 0.15) is 13.7 Å². The number of hydrogen-bond donors (Lipinski definition) is 1. The Morgan fingerprint density at radius 3 is 2.67 bits per heavy atom. The first-order chi connectivity index (χ1) is 19.2. The molecule has 1 unspecified atom stereocenters. The van der Waals surface area contributed by atoms with Crippen LogP contribution in [-0.4, -0.2) is 51.3 Å². The number of piperidine rings is 1. The van der Waals surface area contributed by atoms with Crippen molar-refractivity contribution in [2.24, 2.45) is 0 Å². The zero-order valence-corrected chi connectivity index (χ0v) is 21.7. The lowest BCUT2D eigenvalue weighted by molar-refractivity contribution is 0.0705. The molecule has 2 aromatic carbocycles. The van der Waals surface area contributed by atoms with Gasteiger partial charge in [-0.1, -0.05) is 54.6 Å². The van der Waals surface area contributed by atoms with E-state index < -0.39 is 0 Å². The third kappa shape index (κ3) is 5.41. The van der Waals surface area contributed by atoms with Crippen molar-refractivity contribution in [2.45, 2.75) is 31.7 Å². The summed E-state index contributed by atoms with van der Waals surface area (Å²) in [4.78, 5) is 24.9. The fourth-order valence-electron chi connectivity index (χ4n) is 5.30. The van der Waals surface area contributed by atoms with Crippen LogP contribution in [0.3, 0.4) is 0 Å². The van der Waals surface area contributed by atoms with Crippen molar-refractivity contribution in [1.29, 1.82) is 0 Å². The Morgan fingerprint density at radius 1 is 1.00 bits per heavy atom. The summed E-state index contributed by atoms with van der Waals surface area (Å²) >= 11 is 0. The zero-order valence-electron chi connectivity index (χ0n) is 21.7. The number of aromatic nitrogens is 4. The van der Waals surface area contributed by atoms with Crippen molar-refractivity contribution in [3.8, 4) is 0 Å². The minimum atomic E-state index is 0.0751. The maximum Gasteiger partial charge on any atom is 0.254 e. The smallest absolute Gasteiger partial charge is 0.254 e. The lowest BCUT2D eigenvalue weighted by atomic mass is 9.92. The second kappa shape index (κ2) is 11.1. The van der Waals surface area contributed by atoms with Gasteiger partial charge in [0.2, 0.25) is 0 Å². The molecule has 192 valence electrons. The van der Waals surface area contributed by atoms with E-state index in [0.29, 0.717) is 24.2 Å². The maximum absolute atomic E-state index is 13.8. The molecule has 1 fully saturated rings. The first-order valence-corrected chi connectivity index (χ1v) is 13.3. The Bertz CT molecular complexity index is 1590. The molecule has 0 saturated carbocycles. The molecule has 39 heavy (non-hydrogen) atoms. The molecular formula is C31H29BN6O. The number of rotatable bonds is 7. The van der Waals surface area contributed by atoms with Crippen LogP contribution in [0.25, 0.3) is 5.65 Å². The fourth-order valence-corrected chi connectivity index (χ4v) is 5.30. The molecule has 4 heterocycles. The van der Waals surface area contributed by atoms with Crippen molar-refractivity contribution in [2.75, 3.05) is 18.4 Å². The van der Waals surface area contributed by atoms with Crippen molar-refractivity contribution < 1.29 is 4.79 Å².